The van der Waals surface area contributed by atoms with E-state index in [0.29, 0.717) is 30.3 Å². The van der Waals surface area contributed by atoms with Crippen LogP contribution in [0.25, 0.3) is 0 Å². The van der Waals surface area contributed by atoms with Crippen LogP contribution in [0.5, 0.6) is 0 Å². The SMILES string of the molecule is O=C(NCCOCc1ccccc1)c1cc(Br)ccc1Cl. The quantitative estimate of drug-likeness (QED) is 0.781. The summed E-state index contributed by atoms with van der Waals surface area (Å²) >= 11 is 9.32. The van der Waals surface area contributed by atoms with Gasteiger partial charge in [0.05, 0.1) is 23.8 Å². The molecule has 0 aliphatic rings. The smallest absolute Gasteiger partial charge is 0.252 e. The fraction of sp³-hybridized carbons (Fsp3) is 0.188. The maximum Gasteiger partial charge on any atom is 0.252 e. The Morgan fingerprint density at radius 1 is 1.19 bits per heavy atom. The van der Waals surface area contributed by atoms with E-state index < -0.39 is 0 Å². The number of hydrogen-bond acceptors (Lipinski definition) is 2. The summed E-state index contributed by atoms with van der Waals surface area (Å²) in [6.07, 6.45) is 0. The highest BCUT2D eigenvalue weighted by Crippen LogP contribution is 2.20. The van der Waals surface area contributed by atoms with E-state index in [-0.39, 0.29) is 5.91 Å². The molecule has 5 heteroatoms. The maximum atomic E-state index is 12.0. The van der Waals surface area contributed by atoms with Crippen LogP contribution in [0.4, 0.5) is 0 Å². The van der Waals surface area contributed by atoms with E-state index in [9.17, 15) is 4.79 Å². The van der Waals surface area contributed by atoms with Crippen LogP contribution in [-0.4, -0.2) is 19.1 Å². The molecule has 0 fully saturated rings. The second-order valence-electron chi connectivity index (χ2n) is 4.42. The molecule has 0 heterocycles. The highest BCUT2D eigenvalue weighted by atomic mass is 79.9. The first-order chi connectivity index (χ1) is 10.2. The van der Waals surface area contributed by atoms with Gasteiger partial charge in [-0.25, -0.2) is 0 Å². The molecule has 0 aliphatic carbocycles. The summed E-state index contributed by atoms with van der Waals surface area (Å²) in [5, 5.41) is 3.22. The van der Waals surface area contributed by atoms with Gasteiger partial charge in [-0.05, 0) is 23.8 Å². The lowest BCUT2D eigenvalue weighted by Crippen LogP contribution is -2.27. The van der Waals surface area contributed by atoms with Crippen molar-refractivity contribution in [2.75, 3.05) is 13.2 Å². The number of benzene rings is 2. The zero-order valence-electron chi connectivity index (χ0n) is 11.3. The molecule has 3 nitrogen and oxygen atoms in total. The molecule has 0 bridgehead atoms. The van der Waals surface area contributed by atoms with Gasteiger partial charge in [0.15, 0.2) is 0 Å². The number of carbonyl (C=O) groups is 1. The lowest BCUT2D eigenvalue weighted by Gasteiger charge is -2.08. The molecule has 2 aromatic carbocycles. The van der Waals surface area contributed by atoms with E-state index in [1.54, 1.807) is 18.2 Å². The summed E-state index contributed by atoms with van der Waals surface area (Å²) in [5.41, 5.74) is 1.56. The van der Waals surface area contributed by atoms with Crippen molar-refractivity contribution in [1.29, 1.82) is 0 Å². The highest BCUT2D eigenvalue weighted by molar-refractivity contribution is 9.10. The second-order valence-corrected chi connectivity index (χ2v) is 5.74. The summed E-state index contributed by atoms with van der Waals surface area (Å²) in [5.74, 6) is -0.204. The van der Waals surface area contributed by atoms with Crippen LogP contribution in [0.3, 0.4) is 0 Å². The number of halogens is 2. The number of rotatable bonds is 6. The molecule has 0 spiro atoms. The summed E-state index contributed by atoms with van der Waals surface area (Å²) in [4.78, 5) is 12.0. The molecule has 0 atom stereocenters. The van der Waals surface area contributed by atoms with Crippen molar-refractivity contribution in [2.45, 2.75) is 6.61 Å². The Morgan fingerprint density at radius 3 is 2.71 bits per heavy atom. The molecular formula is C16H15BrClNO2. The molecule has 0 saturated heterocycles. The zero-order valence-corrected chi connectivity index (χ0v) is 13.7. The fourth-order valence-corrected chi connectivity index (χ4v) is 2.33. The van der Waals surface area contributed by atoms with E-state index in [2.05, 4.69) is 21.2 Å². The summed E-state index contributed by atoms with van der Waals surface area (Å²) in [6.45, 7) is 1.43. The van der Waals surface area contributed by atoms with Gasteiger partial charge in [-0.15, -0.1) is 0 Å². The molecule has 1 N–H and O–H groups in total. The van der Waals surface area contributed by atoms with Gasteiger partial charge in [-0.3, -0.25) is 4.79 Å². The molecule has 0 radical (unpaired) electrons. The van der Waals surface area contributed by atoms with E-state index in [4.69, 9.17) is 16.3 Å². The normalized spacial score (nSPS) is 10.4. The molecule has 21 heavy (non-hydrogen) atoms. The minimum atomic E-state index is -0.204. The summed E-state index contributed by atoms with van der Waals surface area (Å²) in [6, 6.07) is 15.1. The van der Waals surface area contributed by atoms with E-state index in [1.165, 1.54) is 0 Å². The van der Waals surface area contributed by atoms with E-state index in [0.717, 1.165) is 10.0 Å². The fourth-order valence-electron chi connectivity index (χ4n) is 1.77. The Labute approximate surface area is 137 Å². The monoisotopic (exact) mass is 367 g/mol. The maximum absolute atomic E-state index is 12.0. The number of ether oxygens (including phenoxy) is 1. The van der Waals surface area contributed by atoms with Crippen molar-refractivity contribution < 1.29 is 9.53 Å². The van der Waals surface area contributed by atoms with E-state index in [1.807, 2.05) is 30.3 Å². The van der Waals surface area contributed by atoms with Crippen molar-refractivity contribution in [3.63, 3.8) is 0 Å². The number of hydrogen-bond donors (Lipinski definition) is 1. The molecule has 2 aromatic rings. The van der Waals surface area contributed by atoms with Crippen molar-refractivity contribution in [2.24, 2.45) is 0 Å². The first kappa shape index (κ1) is 16.0. The Kier molecular flexibility index (Phi) is 6.23. The topological polar surface area (TPSA) is 38.3 Å². The Hall–Kier alpha value is -1.36. The van der Waals surface area contributed by atoms with E-state index >= 15 is 0 Å². The zero-order chi connectivity index (χ0) is 15.1. The number of carbonyl (C=O) groups excluding carboxylic acids is 1. The predicted molar refractivity (Wildman–Crippen MR) is 87.6 cm³/mol. The van der Waals surface area contributed by atoms with Gasteiger partial charge >= 0.3 is 0 Å². The average Bonchev–Trinajstić information content (AvgIpc) is 2.50. The Morgan fingerprint density at radius 2 is 1.95 bits per heavy atom. The Balaban J connectivity index is 1.73. The van der Waals surface area contributed by atoms with Crippen LogP contribution < -0.4 is 5.32 Å². The first-order valence-corrected chi connectivity index (χ1v) is 7.69. The number of nitrogens with one attached hydrogen (secondary N) is 1. The molecule has 2 rings (SSSR count). The molecule has 0 aromatic heterocycles. The molecular weight excluding hydrogens is 354 g/mol. The van der Waals surface area contributed by atoms with Crippen molar-refractivity contribution >= 4 is 33.4 Å². The van der Waals surface area contributed by atoms with Gasteiger partial charge in [0.1, 0.15) is 0 Å². The van der Waals surface area contributed by atoms with Gasteiger partial charge in [0.2, 0.25) is 0 Å². The molecule has 1 amide bonds. The van der Waals surface area contributed by atoms with Gasteiger partial charge in [0.25, 0.3) is 5.91 Å². The molecule has 0 unspecified atom stereocenters. The minimum absolute atomic E-state index is 0.204. The minimum Gasteiger partial charge on any atom is -0.375 e. The average molecular weight is 369 g/mol. The van der Waals surface area contributed by atoms with Crippen LogP contribution in [0.2, 0.25) is 5.02 Å². The third-order valence-corrected chi connectivity index (χ3v) is 3.64. The molecule has 0 saturated carbocycles. The van der Waals surface area contributed by atoms with Crippen molar-refractivity contribution in [3.05, 3.63) is 69.2 Å². The van der Waals surface area contributed by atoms with Crippen LogP contribution in [0.1, 0.15) is 15.9 Å². The van der Waals surface area contributed by atoms with Gasteiger partial charge < -0.3 is 10.1 Å². The van der Waals surface area contributed by atoms with Crippen molar-refractivity contribution in [3.8, 4) is 0 Å². The third-order valence-electron chi connectivity index (χ3n) is 2.82. The van der Waals surface area contributed by atoms with Crippen LogP contribution in [0.15, 0.2) is 53.0 Å². The van der Waals surface area contributed by atoms with Gasteiger partial charge in [-0.2, -0.15) is 0 Å². The van der Waals surface area contributed by atoms with Crippen LogP contribution in [-0.2, 0) is 11.3 Å². The van der Waals surface area contributed by atoms with Crippen molar-refractivity contribution in [1.82, 2.24) is 5.32 Å². The second kappa shape index (κ2) is 8.17. The summed E-state index contributed by atoms with van der Waals surface area (Å²) in [7, 11) is 0. The Bertz CT molecular complexity index is 604. The third kappa shape index (κ3) is 5.16. The summed E-state index contributed by atoms with van der Waals surface area (Å²) < 4.78 is 6.32. The standard InChI is InChI=1S/C16H15BrClNO2/c17-13-6-7-15(18)14(10-13)16(20)19-8-9-21-11-12-4-2-1-3-5-12/h1-7,10H,8-9,11H2,(H,19,20). The lowest BCUT2D eigenvalue weighted by atomic mass is 10.2. The van der Waals surface area contributed by atoms with Crippen LogP contribution >= 0.6 is 27.5 Å². The molecule has 110 valence electrons. The first-order valence-electron chi connectivity index (χ1n) is 6.52. The highest BCUT2D eigenvalue weighted by Gasteiger charge is 2.10. The van der Waals surface area contributed by atoms with Gasteiger partial charge in [0, 0.05) is 11.0 Å². The van der Waals surface area contributed by atoms with Crippen LogP contribution in [0, 0.1) is 0 Å². The lowest BCUT2D eigenvalue weighted by molar-refractivity contribution is 0.0901. The predicted octanol–water partition coefficient (Wildman–Crippen LogP) is 4.05. The number of amides is 1. The van der Waals surface area contributed by atoms with Gasteiger partial charge in [-0.1, -0.05) is 57.9 Å². The molecule has 0 aliphatic heterocycles. The largest absolute Gasteiger partial charge is 0.375 e.